The molecule has 2 nitrogen and oxygen atoms in total. The van der Waals surface area contributed by atoms with Crippen LogP contribution in [-0.2, 0) is 17.1 Å². The van der Waals surface area contributed by atoms with Gasteiger partial charge >= 0.3 is 0 Å². The van der Waals surface area contributed by atoms with Crippen LogP contribution in [0.1, 0.15) is 11.1 Å². The Morgan fingerprint density at radius 2 is 1.77 bits per heavy atom. The summed E-state index contributed by atoms with van der Waals surface area (Å²) in [7, 11) is 0. The van der Waals surface area contributed by atoms with Crippen molar-refractivity contribution in [1.82, 2.24) is 5.32 Å². The average Bonchev–Trinajstić information content (AvgIpc) is 2.49. The predicted molar refractivity (Wildman–Crippen MR) is 95.9 cm³/mol. The van der Waals surface area contributed by atoms with Crippen molar-refractivity contribution in [3.8, 4) is 0 Å². The summed E-state index contributed by atoms with van der Waals surface area (Å²) in [4.78, 5) is 11.8. The van der Waals surface area contributed by atoms with Crippen molar-refractivity contribution in [2.75, 3.05) is 5.75 Å². The molecule has 0 aliphatic carbocycles. The second-order valence-corrected chi connectivity index (χ2v) is 6.83. The summed E-state index contributed by atoms with van der Waals surface area (Å²) in [5.74, 6) is 0.994. The quantitative estimate of drug-likeness (QED) is 0.753. The average molecular weight is 375 g/mol. The Labute approximate surface area is 149 Å². The van der Waals surface area contributed by atoms with Crippen molar-refractivity contribution in [3.05, 3.63) is 68.7 Å². The summed E-state index contributed by atoms with van der Waals surface area (Å²) < 4.78 is 0. The van der Waals surface area contributed by atoms with Crippen molar-refractivity contribution in [3.63, 3.8) is 0 Å². The Hall–Kier alpha value is -0.870. The third-order valence-corrected chi connectivity index (χ3v) is 4.88. The summed E-state index contributed by atoms with van der Waals surface area (Å²) >= 11 is 19.5. The molecule has 116 valence electrons. The first-order chi connectivity index (χ1) is 10.6. The van der Waals surface area contributed by atoms with Gasteiger partial charge in [-0.3, -0.25) is 4.79 Å². The van der Waals surface area contributed by atoms with Crippen LogP contribution >= 0.6 is 46.6 Å². The van der Waals surface area contributed by atoms with Crippen LogP contribution < -0.4 is 5.32 Å². The van der Waals surface area contributed by atoms with Gasteiger partial charge in [0.2, 0.25) is 5.91 Å². The number of hydrogen-bond donors (Lipinski definition) is 1. The monoisotopic (exact) mass is 373 g/mol. The molecule has 2 aromatic rings. The Morgan fingerprint density at radius 3 is 2.50 bits per heavy atom. The lowest BCUT2D eigenvalue weighted by molar-refractivity contribution is -0.118. The summed E-state index contributed by atoms with van der Waals surface area (Å²) in [6, 6.07) is 12.8. The first kappa shape index (κ1) is 17.5. The number of hydrogen-bond acceptors (Lipinski definition) is 2. The SMILES string of the molecule is O=C(CSCc1ccc(Cl)cc1Cl)NCc1ccccc1Cl. The van der Waals surface area contributed by atoms with Crippen molar-refractivity contribution in [2.24, 2.45) is 0 Å². The fraction of sp³-hybridized carbons (Fsp3) is 0.188. The first-order valence-corrected chi connectivity index (χ1v) is 8.87. The Kier molecular flexibility index (Phi) is 6.90. The topological polar surface area (TPSA) is 29.1 Å². The summed E-state index contributed by atoms with van der Waals surface area (Å²) in [5.41, 5.74) is 1.87. The second-order valence-electron chi connectivity index (χ2n) is 4.60. The summed E-state index contributed by atoms with van der Waals surface area (Å²) in [5, 5.41) is 4.74. The van der Waals surface area contributed by atoms with Crippen molar-refractivity contribution in [2.45, 2.75) is 12.3 Å². The van der Waals surface area contributed by atoms with Crippen LogP contribution in [0.25, 0.3) is 0 Å². The van der Waals surface area contributed by atoms with Crippen molar-refractivity contribution < 1.29 is 4.79 Å². The molecular formula is C16H14Cl3NOS. The van der Waals surface area contributed by atoms with Gasteiger partial charge in [-0.1, -0.05) is 59.1 Å². The molecule has 0 aliphatic heterocycles. The highest BCUT2D eigenvalue weighted by atomic mass is 35.5. The van der Waals surface area contributed by atoms with E-state index in [4.69, 9.17) is 34.8 Å². The molecule has 0 heterocycles. The van der Waals surface area contributed by atoms with E-state index in [2.05, 4.69) is 5.32 Å². The van der Waals surface area contributed by atoms with Gasteiger partial charge in [-0.15, -0.1) is 11.8 Å². The lowest BCUT2D eigenvalue weighted by atomic mass is 10.2. The third kappa shape index (κ3) is 5.40. The highest BCUT2D eigenvalue weighted by molar-refractivity contribution is 7.99. The van der Waals surface area contributed by atoms with E-state index in [1.165, 1.54) is 11.8 Å². The van der Waals surface area contributed by atoms with E-state index in [9.17, 15) is 4.79 Å². The zero-order valence-electron chi connectivity index (χ0n) is 11.6. The Morgan fingerprint density at radius 1 is 1.00 bits per heavy atom. The Bertz CT molecular complexity index is 664. The minimum atomic E-state index is -0.0324. The van der Waals surface area contributed by atoms with E-state index in [0.29, 0.717) is 33.1 Å². The van der Waals surface area contributed by atoms with E-state index in [1.54, 1.807) is 18.2 Å². The van der Waals surface area contributed by atoms with Crippen LogP contribution in [0.15, 0.2) is 42.5 Å². The van der Waals surface area contributed by atoms with E-state index < -0.39 is 0 Å². The van der Waals surface area contributed by atoms with Gasteiger partial charge in [-0.2, -0.15) is 0 Å². The maximum Gasteiger partial charge on any atom is 0.230 e. The molecule has 1 amide bonds. The first-order valence-electron chi connectivity index (χ1n) is 6.58. The minimum Gasteiger partial charge on any atom is -0.351 e. The number of amides is 1. The van der Waals surface area contributed by atoms with Crippen LogP contribution in [-0.4, -0.2) is 11.7 Å². The highest BCUT2D eigenvalue weighted by Gasteiger charge is 2.06. The zero-order valence-corrected chi connectivity index (χ0v) is 14.7. The minimum absolute atomic E-state index is 0.0324. The van der Waals surface area contributed by atoms with Gasteiger partial charge in [-0.05, 0) is 29.3 Å². The normalized spacial score (nSPS) is 10.5. The fourth-order valence-corrected chi connectivity index (χ4v) is 3.40. The Balaban J connectivity index is 1.75. The molecule has 0 bridgehead atoms. The maximum absolute atomic E-state index is 11.8. The van der Waals surface area contributed by atoms with E-state index >= 15 is 0 Å². The highest BCUT2D eigenvalue weighted by Crippen LogP contribution is 2.24. The number of nitrogens with one attached hydrogen (secondary N) is 1. The fourth-order valence-electron chi connectivity index (χ4n) is 1.78. The molecule has 0 aliphatic rings. The van der Waals surface area contributed by atoms with Crippen LogP contribution in [0.5, 0.6) is 0 Å². The molecule has 1 N–H and O–H groups in total. The maximum atomic E-state index is 11.8. The molecule has 0 fully saturated rings. The van der Waals surface area contributed by atoms with Crippen molar-refractivity contribution in [1.29, 1.82) is 0 Å². The number of thioether (sulfide) groups is 1. The molecule has 0 aromatic heterocycles. The summed E-state index contributed by atoms with van der Waals surface area (Å²) in [6.07, 6.45) is 0. The molecule has 2 rings (SSSR count). The van der Waals surface area contributed by atoms with Crippen LogP contribution in [0, 0.1) is 0 Å². The molecule has 6 heteroatoms. The molecule has 0 saturated carbocycles. The van der Waals surface area contributed by atoms with Gasteiger partial charge in [0.1, 0.15) is 0 Å². The number of carbonyl (C=O) groups is 1. The van der Waals surface area contributed by atoms with Crippen LogP contribution in [0.3, 0.4) is 0 Å². The standard InChI is InChI=1S/C16H14Cl3NOS/c17-13-6-5-12(15(19)7-13)9-22-10-16(21)20-8-11-3-1-2-4-14(11)18/h1-7H,8-10H2,(H,20,21). The van der Waals surface area contributed by atoms with E-state index in [0.717, 1.165) is 11.1 Å². The number of rotatable bonds is 6. The molecule has 0 saturated heterocycles. The van der Waals surface area contributed by atoms with Gasteiger partial charge in [0.25, 0.3) is 0 Å². The molecule has 0 spiro atoms. The van der Waals surface area contributed by atoms with E-state index in [1.807, 2.05) is 24.3 Å². The second kappa shape index (κ2) is 8.68. The van der Waals surface area contributed by atoms with Crippen LogP contribution in [0.2, 0.25) is 15.1 Å². The lowest BCUT2D eigenvalue weighted by Crippen LogP contribution is -2.24. The number of carbonyl (C=O) groups excluding carboxylic acids is 1. The van der Waals surface area contributed by atoms with Crippen LogP contribution in [0.4, 0.5) is 0 Å². The molecule has 22 heavy (non-hydrogen) atoms. The smallest absolute Gasteiger partial charge is 0.230 e. The molecule has 0 unspecified atom stereocenters. The molecule has 2 aromatic carbocycles. The van der Waals surface area contributed by atoms with Gasteiger partial charge in [0, 0.05) is 27.4 Å². The largest absolute Gasteiger partial charge is 0.351 e. The van der Waals surface area contributed by atoms with Gasteiger partial charge in [0.05, 0.1) is 5.75 Å². The third-order valence-electron chi connectivity index (χ3n) is 2.94. The number of halogens is 3. The predicted octanol–water partition coefficient (Wildman–Crippen LogP) is 5.20. The number of benzene rings is 2. The van der Waals surface area contributed by atoms with Gasteiger partial charge in [0.15, 0.2) is 0 Å². The van der Waals surface area contributed by atoms with E-state index in [-0.39, 0.29) is 5.91 Å². The van der Waals surface area contributed by atoms with Crippen molar-refractivity contribution >= 4 is 52.5 Å². The molecular weight excluding hydrogens is 361 g/mol. The molecule has 0 radical (unpaired) electrons. The van der Waals surface area contributed by atoms with Gasteiger partial charge < -0.3 is 5.32 Å². The lowest BCUT2D eigenvalue weighted by Gasteiger charge is -2.07. The molecule has 0 atom stereocenters. The summed E-state index contributed by atoms with van der Waals surface area (Å²) in [6.45, 7) is 0.431. The zero-order chi connectivity index (χ0) is 15.9. The van der Waals surface area contributed by atoms with Gasteiger partial charge in [-0.25, -0.2) is 0 Å².